The summed E-state index contributed by atoms with van der Waals surface area (Å²) in [5.41, 5.74) is 0.821. The molecular formula is C15H14FN3S. The first-order valence-electron chi connectivity index (χ1n) is 6.53. The quantitative estimate of drug-likeness (QED) is 0.776. The summed E-state index contributed by atoms with van der Waals surface area (Å²) in [5, 5.41) is 6.37. The second-order valence-corrected chi connectivity index (χ2v) is 5.36. The summed E-state index contributed by atoms with van der Waals surface area (Å²) >= 11 is 1.58. The van der Waals surface area contributed by atoms with Gasteiger partial charge in [0.05, 0.1) is 5.39 Å². The molecule has 3 aromatic rings. The normalized spacial score (nSPS) is 10.9. The van der Waals surface area contributed by atoms with E-state index in [1.807, 2.05) is 11.4 Å². The summed E-state index contributed by atoms with van der Waals surface area (Å²) in [7, 11) is 0. The van der Waals surface area contributed by atoms with E-state index in [0.29, 0.717) is 5.82 Å². The van der Waals surface area contributed by atoms with Crippen LogP contribution < -0.4 is 5.32 Å². The van der Waals surface area contributed by atoms with Gasteiger partial charge in [0, 0.05) is 12.1 Å². The van der Waals surface area contributed by atoms with Gasteiger partial charge in [-0.1, -0.05) is 6.92 Å². The number of benzene rings is 1. The van der Waals surface area contributed by atoms with Crippen LogP contribution >= 0.6 is 11.3 Å². The van der Waals surface area contributed by atoms with Crippen LogP contribution in [0.1, 0.15) is 13.3 Å². The Hall–Kier alpha value is -2.01. The molecule has 0 fully saturated rings. The maximum atomic E-state index is 13.0. The minimum atomic E-state index is -0.254. The highest BCUT2D eigenvalue weighted by Crippen LogP contribution is 2.28. The van der Waals surface area contributed by atoms with Crippen molar-refractivity contribution in [3.05, 3.63) is 41.5 Å². The first-order valence-corrected chi connectivity index (χ1v) is 7.41. The molecule has 0 saturated carbocycles. The summed E-state index contributed by atoms with van der Waals surface area (Å²) in [6.45, 7) is 2.98. The molecule has 0 bridgehead atoms. The number of nitrogens with one attached hydrogen (secondary N) is 1. The van der Waals surface area contributed by atoms with Crippen LogP contribution in [0, 0.1) is 5.82 Å². The van der Waals surface area contributed by atoms with Crippen molar-refractivity contribution in [2.24, 2.45) is 0 Å². The van der Waals surface area contributed by atoms with Crippen molar-refractivity contribution in [1.29, 1.82) is 0 Å². The molecule has 2 heterocycles. The van der Waals surface area contributed by atoms with Gasteiger partial charge in [-0.25, -0.2) is 14.4 Å². The summed E-state index contributed by atoms with van der Waals surface area (Å²) in [5.74, 6) is 1.21. The summed E-state index contributed by atoms with van der Waals surface area (Å²) in [6, 6.07) is 8.28. The van der Waals surface area contributed by atoms with Crippen LogP contribution in [0.15, 0.2) is 35.7 Å². The van der Waals surface area contributed by atoms with E-state index in [1.54, 1.807) is 23.5 Å². The molecule has 0 atom stereocenters. The lowest BCUT2D eigenvalue weighted by molar-refractivity contribution is 0.628. The first kappa shape index (κ1) is 13.0. The third-order valence-corrected chi connectivity index (χ3v) is 3.78. The molecule has 0 aliphatic carbocycles. The smallest absolute Gasteiger partial charge is 0.163 e. The van der Waals surface area contributed by atoms with Gasteiger partial charge in [0.15, 0.2) is 5.82 Å². The number of rotatable bonds is 4. The number of hydrogen-bond acceptors (Lipinski definition) is 4. The van der Waals surface area contributed by atoms with Crippen molar-refractivity contribution in [1.82, 2.24) is 9.97 Å². The van der Waals surface area contributed by atoms with E-state index in [0.717, 1.165) is 34.6 Å². The minimum Gasteiger partial charge on any atom is -0.369 e. The molecule has 102 valence electrons. The van der Waals surface area contributed by atoms with Crippen LogP contribution in [-0.2, 0) is 0 Å². The van der Waals surface area contributed by atoms with Gasteiger partial charge in [-0.3, -0.25) is 0 Å². The first-order chi connectivity index (χ1) is 9.78. The van der Waals surface area contributed by atoms with Crippen molar-refractivity contribution in [2.75, 3.05) is 11.9 Å². The molecule has 0 unspecified atom stereocenters. The van der Waals surface area contributed by atoms with Gasteiger partial charge in [-0.2, -0.15) is 0 Å². The van der Waals surface area contributed by atoms with Crippen LogP contribution in [0.25, 0.3) is 21.6 Å². The van der Waals surface area contributed by atoms with Crippen LogP contribution in [0.2, 0.25) is 0 Å². The van der Waals surface area contributed by atoms with Gasteiger partial charge in [-0.15, -0.1) is 11.3 Å². The topological polar surface area (TPSA) is 37.8 Å². The fraction of sp³-hybridized carbons (Fsp3) is 0.200. The average molecular weight is 287 g/mol. The highest BCUT2D eigenvalue weighted by atomic mass is 32.1. The Bertz CT molecular complexity index is 722. The van der Waals surface area contributed by atoms with Crippen molar-refractivity contribution in [3.8, 4) is 11.4 Å². The summed E-state index contributed by atoms with van der Waals surface area (Å²) in [6.07, 6.45) is 1.03. The highest BCUT2D eigenvalue weighted by molar-refractivity contribution is 7.16. The molecule has 3 rings (SSSR count). The molecule has 2 aromatic heterocycles. The Balaban J connectivity index is 2.08. The van der Waals surface area contributed by atoms with Crippen LogP contribution in [0.3, 0.4) is 0 Å². The zero-order valence-electron chi connectivity index (χ0n) is 11.1. The zero-order valence-corrected chi connectivity index (χ0v) is 11.9. The lowest BCUT2D eigenvalue weighted by Crippen LogP contribution is -2.04. The average Bonchev–Trinajstić information content (AvgIpc) is 2.94. The van der Waals surface area contributed by atoms with E-state index < -0.39 is 0 Å². The van der Waals surface area contributed by atoms with E-state index >= 15 is 0 Å². The van der Waals surface area contributed by atoms with Crippen molar-refractivity contribution >= 4 is 27.4 Å². The molecule has 0 amide bonds. The predicted octanol–water partition coefficient (Wildman–Crippen LogP) is 4.32. The molecular weight excluding hydrogens is 273 g/mol. The van der Waals surface area contributed by atoms with Crippen molar-refractivity contribution in [3.63, 3.8) is 0 Å². The minimum absolute atomic E-state index is 0.254. The van der Waals surface area contributed by atoms with Gasteiger partial charge < -0.3 is 5.32 Å². The van der Waals surface area contributed by atoms with Gasteiger partial charge in [0.25, 0.3) is 0 Å². The molecule has 0 aliphatic rings. The number of fused-ring (bicyclic) bond motifs is 1. The Morgan fingerprint density at radius 3 is 2.70 bits per heavy atom. The predicted molar refractivity (Wildman–Crippen MR) is 81.6 cm³/mol. The molecule has 5 heteroatoms. The molecule has 1 N–H and O–H groups in total. The summed E-state index contributed by atoms with van der Waals surface area (Å²) in [4.78, 5) is 10.1. The Morgan fingerprint density at radius 2 is 1.95 bits per heavy atom. The summed E-state index contributed by atoms with van der Waals surface area (Å²) < 4.78 is 13.0. The fourth-order valence-corrected chi connectivity index (χ4v) is 2.73. The number of aromatic nitrogens is 2. The van der Waals surface area contributed by atoms with Gasteiger partial charge in [-0.05, 0) is 42.1 Å². The number of hydrogen-bond donors (Lipinski definition) is 1. The lowest BCUT2D eigenvalue weighted by atomic mass is 10.2. The molecule has 1 aromatic carbocycles. The molecule has 3 nitrogen and oxygen atoms in total. The van der Waals surface area contributed by atoms with E-state index in [4.69, 9.17) is 0 Å². The standard InChI is InChI=1S/C15H14FN3S/c1-2-8-17-14-12-7-9-20-15(12)19-13(18-14)10-3-5-11(16)6-4-10/h3-7,9H,2,8H2,1H3,(H,17,18,19). The maximum Gasteiger partial charge on any atom is 0.163 e. The second-order valence-electron chi connectivity index (χ2n) is 4.47. The van der Waals surface area contributed by atoms with Crippen LogP contribution in [-0.4, -0.2) is 16.5 Å². The van der Waals surface area contributed by atoms with Gasteiger partial charge in [0.2, 0.25) is 0 Å². The van der Waals surface area contributed by atoms with Gasteiger partial charge in [0.1, 0.15) is 16.5 Å². The second kappa shape index (κ2) is 5.54. The number of halogens is 1. The van der Waals surface area contributed by atoms with E-state index in [1.165, 1.54) is 12.1 Å². The van der Waals surface area contributed by atoms with Crippen molar-refractivity contribution < 1.29 is 4.39 Å². The van der Waals surface area contributed by atoms with E-state index in [9.17, 15) is 4.39 Å². The number of nitrogens with zero attached hydrogens (tertiary/aromatic N) is 2. The lowest BCUT2D eigenvalue weighted by Gasteiger charge is -2.08. The van der Waals surface area contributed by atoms with Crippen molar-refractivity contribution in [2.45, 2.75) is 13.3 Å². The Labute approximate surface area is 120 Å². The largest absolute Gasteiger partial charge is 0.369 e. The zero-order chi connectivity index (χ0) is 13.9. The maximum absolute atomic E-state index is 13.0. The molecule has 0 aliphatic heterocycles. The molecule has 20 heavy (non-hydrogen) atoms. The molecule has 0 saturated heterocycles. The SMILES string of the molecule is CCCNc1nc(-c2ccc(F)cc2)nc2sccc12. The third-order valence-electron chi connectivity index (χ3n) is 2.97. The van der Waals surface area contributed by atoms with E-state index in [2.05, 4.69) is 22.2 Å². The number of anilines is 1. The monoisotopic (exact) mass is 287 g/mol. The van der Waals surface area contributed by atoms with Crippen LogP contribution in [0.5, 0.6) is 0 Å². The Kier molecular flexibility index (Phi) is 3.60. The van der Waals surface area contributed by atoms with Crippen LogP contribution in [0.4, 0.5) is 10.2 Å². The molecule has 0 spiro atoms. The fourth-order valence-electron chi connectivity index (χ4n) is 1.96. The van der Waals surface area contributed by atoms with E-state index in [-0.39, 0.29) is 5.82 Å². The number of thiophene rings is 1. The third kappa shape index (κ3) is 2.49. The van der Waals surface area contributed by atoms with Gasteiger partial charge >= 0.3 is 0 Å². The highest BCUT2D eigenvalue weighted by Gasteiger charge is 2.10. The Morgan fingerprint density at radius 1 is 1.15 bits per heavy atom. The molecule has 0 radical (unpaired) electrons.